The van der Waals surface area contributed by atoms with Gasteiger partial charge in [0.1, 0.15) is 18.4 Å². The predicted molar refractivity (Wildman–Crippen MR) is 52.1 cm³/mol. The van der Waals surface area contributed by atoms with Crippen molar-refractivity contribution in [3.8, 4) is 0 Å². The van der Waals surface area contributed by atoms with Crippen molar-refractivity contribution in [2.24, 2.45) is 16.7 Å². The molecule has 0 aliphatic heterocycles. The number of carbonyl (C=O) groups excluding carboxylic acids is 4. The van der Waals surface area contributed by atoms with Gasteiger partial charge in [-0.3, -0.25) is 9.59 Å². The van der Waals surface area contributed by atoms with Crippen molar-refractivity contribution in [1.29, 1.82) is 0 Å². The largest absolute Gasteiger partial charge is 0.303 e. The molecular weight excluding hydrogens is 196 g/mol. The first-order chi connectivity index (χ1) is 6.79. The van der Waals surface area contributed by atoms with E-state index in [-0.39, 0.29) is 18.0 Å². The molecule has 15 heavy (non-hydrogen) atoms. The monoisotopic (exact) mass is 210 g/mol. The lowest BCUT2D eigenvalue weighted by Crippen LogP contribution is -2.54. The van der Waals surface area contributed by atoms with Crippen LogP contribution in [0.2, 0.25) is 0 Å². The van der Waals surface area contributed by atoms with E-state index in [2.05, 4.69) is 0 Å². The van der Waals surface area contributed by atoms with Gasteiger partial charge in [-0.1, -0.05) is 13.8 Å². The molecule has 0 bridgehead atoms. The van der Waals surface area contributed by atoms with E-state index in [1.165, 1.54) is 6.92 Å². The minimum Gasteiger partial charge on any atom is -0.303 e. The number of aldehydes is 2. The lowest BCUT2D eigenvalue weighted by molar-refractivity contribution is -0.158. The Morgan fingerprint density at radius 2 is 1.73 bits per heavy atom. The van der Waals surface area contributed by atoms with Gasteiger partial charge < -0.3 is 9.59 Å². The van der Waals surface area contributed by atoms with Gasteiger partial charge in [-0.2, -0.15) is 0 Å². The molecule has 1 rings (SSSR count). The minimum absolute atomic E-state index is 0.0265. The molecule has 2 atom stereocenters. The van der Waals surface area contributed by atoms with Crippen molar-refractivity contribution in [2.45, 2.75) is 27.2 Å². The number of Topliss-reactive ketones (excluding diaryl/α,β-unsaturated/α-hetero) is 2. The lowest BCUT2D eigenvalue weighted by Gasteiger charge is -2.40. The summed E-state index contributed by atoms with van der Waals surface area (Å²) in [4.78, 5) is 45.3. The highest BCUT2D eigenvalue weighted by atomic mass is 16.2. The molecule has 1 fully saturated rings. The van der Waals surface area contributed by atoms with Gasteiger partial charge in [0.05, 0.1) is 11.3 Å². The van der Waals surface area contributed by atoms with Crippen LogP contribution in [0.5, 0.6) is 0 Å². The smallest absolute Gasteiger partial charge is 0.153 e. The normalized spacial score (nSPS) is 35.0. The third-order valence-corrected chi connectivity index (χ3v) is 3.09. The van der Waals surface area contributed by atoms with Gasteiger partial charge in [0.15, 0.2) is 5.78 Å². The number of hydrogen-bond acceptors (Lipinski definition) is 4. The molecule has 4 nitrogen and oxygen atoms in total. The zero-order chi connectivity index (χ0) is 11.9. The Morgan fingerprint density at radius 1 is 1.20 bits per heavy atom. The molecule has 4 heteroatoms. The lowest BCUT2D eigenvalue weighted by atomic mass is 9.58. The number of hydrogen-bond donors (Lipinski definition) is 0. The fourth-order valence-corrected chi connectivity index (χ4v) is 2.17. The molecule has 2 unspecified atom stereocenters. The standard InChI is InChI=1S/C11H14O4/c1-10(2)4-8(14)7(5-12)11(3,6-13)9(10)15/h5-7H,4H2,1-3H3. The summed E-state index contributed by atoms with van der Waals surface area (Å²) in [5.74, 6) is -1.78. The van der Waals surface area contributed by atoms with Crippen molar-refractivity contribution in [3.05, 3.63) is 0 Å². The van der Waals surface area contributed by atoms with Crippen LogP contribution in [0.25, 0.3) is 0 Å². The minimum atomic E-state index is -1.49. The highest BCUT2D eigenvalue weighted by Crippen LogP contribution is 2.42. The summed E-state index contributed by atoms with van der Waals surface area (Å²) in [7, 11) is 0. The van der Waals surface area contributed by atoms with Crippen molar-refractivity contribution >= 4 is 24.1 Å². The Labute approximate surface area is 88.0 Å². The van der Waals surface area contributed by atoms with Gasteiger partial charge in [-0.15, -0.1) is 0 Å². The van der Waals surface area contributed by atoms with E-state index in [0.29, 0.717) is 12.6 Å². The number of rotatable bonds is 2. The third-order valence-electron chi connectivity index (χ3n) is 3.09. The quantitative estimate of drug-likeness (QED) is 0.493. The summed E-state index contributed by atoms with van der Waals surface area (Å²) in [5, 5.41) is 0. The predicted octanol–water partition coefficient (Wildman–Crippen LogP) is 0.575. The first-order valence-corrected chi connectivity index (χ1v) is 4.79. The van der Waals surface area contributed by atoms with Gasteiger partial charge in [0, 0.05) is 11.8 Å². The molecule has 0 aromatic carbocycles. The molecule has 1 aliphatic carbocycles. The maximum Gasteiger partial charge on any atom is 0.153 e. The third kappa shape index (κ3) is 1.54. The maximum absolute atomic E-state index is 12.0. The van der Waals surface area contributed by atoms with Crippen LogP contribution in [0.3, 0.4) is 0 Å². The Morgan fingerprint density at radius 3 is 2.13 bits per heavy atom. The molecule has 0 aromatic heterocycles. The SMILES string of the molecule is CC1(C)CC(=O)C(C=O)C(C)(C=O)C1=O. The fourth-order valence-electron chi connectivity index (χ4n) is 2.17. The van der Waals surface area contributed by atoms with Gasteiger partial charge >= 0.3 is 0 Å². The van der Waals surface area contributed by atoms with E-state index in [0.717, 1.165) is 0 Å². The van der Waals surface area contributed by atoms with Crippen molar-refractivity contribution in [1.82, 2.24) is 0 Å². The summed E-state index contributed by atoms with van der Waals surface area (Å²) in [5.41, 5.74) is -2.34. The molecule has 0 radical (unpaired) electrons. The highest BCUT2D eigenvalue weighted by molar-refractivity contribution is 6.14. The second kappa shape index (κ2) is 3.36. The highest BCUT2D eigenvalue weighted by Gasteiger charge is 2.55. The Balaban J connectivity index is 3.29. The molecule has 82 valence electrons. The van der Waals surface area contributed by atoms with Crippen molar-refractivity contribution in [3.63, 3.8) is 0 Å². The van der Waals surface area contributed by atoms with Crippen molar-refractivity contribution < 1.29 is 19.2 Å². The summed E-state index contributed by atoms with van der Waals surface area (Å²) >= 11 is 0. The van der Waals surface area contributed by atoms with Gasteiger partial charge in [0.2, 0.25) is 0 Å². The summed E-state index contributed by atoms with van der Waals surface area (Å²) in [6, 6.07) is 0. The summed E-state index contributed by atoms with van der Waals surface area (Å²) in [6.45, 7) is 4.60. The van der Waals surface area contributed by atoms with Gasteiger partial charge in [-0.25, -0.2) is 0 Å². The van der Waals surface area contributed by atoms with Crippen LogP contribution in [0.1, 0.15) is 27.2 Å². The second-order valence-corrected chi connectivity index (χ2v) is 4.87. The van der Waals surface area contributed by atoms with Crippen LogP contribution in [-0.4, -0.2) is 24.1 Å². The second-order valence-electron chi connectivity index (χ2n) is 4.87. The molecule has 0 amide bonds. The first kappa shape index (κ1) is 11.8. The van der Waals surface area contributed by atoms with E-state index in [1.807, 2.05) is 0 Å². The Hall–Kier alpha value is -1.32. The van der Waals surface area contributed by atoms with Crippen LogP contribution in [0, 0.1) is 16.7 Å². The van der Waals surface area contributed by atoms with Crippen LogP contribution < -0.4 is 0 Å². The van der Waals surface area contributed by atoms with E-state index in [9.17, 15) is 19.2 Å². The van der Waals surface area contributed by atoms with Crippen LogP contribution in [-0.2, 0) is 19.2 Å². The fraction of sp³-hybridized carbons (Fsp3) is 0.636. The Bertz CT molecular complexity index is 342. The summed E-state index contributed by atoms with van der Waals surface area (Å²) < 4.78 is 0. The van der Waals surface area contributed by atoms with Crippen LogP contribution in [0.4, 0.5) is 0 Å². The van der Waals surface area contributed by atoms with E-state index in [1.54, 1.807) is 13.8 Å². The average Bonchev–Trinajstić information content (AvgIpc) is 2.14. The number of carbonyl (C=O) groups is 4. The zero-order valence-electron chi connectivity index (χ0n) is 9.07. The zero-order valence-corrected chi connectivity index (χ0v) is 9.07. The molecule has 1 saturated carbocycles. The molecule has 0 N–H and O–H groups in total. The Kier molecular flexibility index (Phi) is 2.63. The topological polar surface area (TPSA) is 68.3 Å². The van der Waals surface area contributed by atoms with E-state index in [4.69, 9.17) is 0 Å². The summed E-state index contributed by atoms with van der Waals surface area (Å²) in [6.07, 6.45) is 0.857. The molecule has 0 saturated heterocycles. The van der Waals surface area contributed by atoms with Gasteiger partial charge in [-0.05, 0) is 6.92 Å². The molecule has 1 aliphatic rings. The number of ketones is 2. The first-order valence-electron chi connectivity index (χ1n) is 4.79. The van der Waals surface area contributed by atoms with Crippen molar-refractivity contribution in [2.75, 3.05) is 0 Å². The van der Waals surface area contributed by atoms with Crippen LogP contribution >= 0.6 is 0 Å². The average molecular weight is 210 g/mol. The molecule has 0 aromatic rings. The van der Waals surface area contributed by atoms with Crippen LogP contribution in [0.15, 0.2) is 0 Å². The molecule has 0 heterocycles. The molecule has 0 spiro atoms. The van der Waals surface area contributed by atoms with E-state index < -0.39 is 16.7 Å². The molecular formula is C11H14O4. The van der Waals surface area contributed by atoms with E-state index >= 15 is 0 Å². The maximum atomic E-state index is 12.0. The van der Waals surface area contributed by atoms with Gasteiger partial charge in [0.25, 0.3) is 0 Å².